The maximum absolute atomic E-state index is 11.9. The predicted molar refractivity (Wildman–Crippen MR) is 125 cm³/mol. The van der Waals surface area contributed by atoms with Crippen LogP contribution >= 0.6 is 23.5 Å². The van der Waals surface area contributed by atoms with Gasteiger partial charge in [0.25, 0.3) is 0 Å². The smallest absolute Gasteiger partial charge is 0.195 e. The van der Waals surface area contributed by atoms with E-state index >= 15 is 0 Å². The molecule has 2 heterocycles. The van der Waals surface area contributed by atoms with Crippen molar-refractivity contribution in [3.8, 4) is 0 Å². The number of carbonyl (C=O) groups excluding carboxylic acids is 1. The molecule has 2 saturated heterocycles. The Labute approximate surface area is 178 Å². The summed E-state index contributed by atoms with van der Waals surface area (Å²) in [6.07, 6.45) is 7.73. The zero-order chi connectivity index (χ0) is 19.9. The summed E-state index contributed by atoms with van der Waals surface area (Å²) in [6, 6.07) is 17.7. The monoisotopic (exact) mass is 416 g/mol. The van der Waals surface area contributed by atoms with E-state index in [1.807, 2.05) is 12.1 Å². The summed E-state index contributed by atoms with van der Waals surface area (Å²) >= 11 is 4.19. The van der Waals surface area contributed by atoms with Crippen LogP contribution in [0, 0.1) is 0 Å². The van der Waals surface area contributed by atoms with Gasteiger partial charge in [0.1, 0.15) is 6.10 Å². The number of aliphatic hydroxyl groups excluding tert-OH is 1. The Balaban J connectivity index is 0.000000190. The molecule has 0 aromatic heterocycles. The number of ketones is 1. The number of hydrogen-bond donors (Lipinski definition) is 1. The Kier molecular flexibility index (Phi) is 12.1. The number of hydrogen-bond acceptors (Lipinski definition) is 4. The molecule has 1 atom stereocenters. The highest BCUT2D eigenvalue weighted by Crippen LogP contribution is 2.18. The molecule has 2 aromatic carbocycles. The standard InChI is InChI=1S/C14H12O2.2C5H10S/c15-13(11-7-3-1-4-8-11)14(16)12-9-5-2-6-10-12;2*1-2-4-6-5-3-1/h1-10,13,15H;2*1-5H2. The minimum Gasteiger partial charge on any atom is -0.380 e. The maximum atomic E-state index is 11.9. The van der Waals surface area contributed by atoms with Gasteiger partial charge in [-0.3, -0.25) is 4.79 Å². The summed E-state index contributed by atoms with van der Waals surface area (Å²) in [7, 11) is 0. The average molecular weight is 417 g/mol. The SMILES string of the molecule is C1CCSCC1.C1CCSCC1.O=C(c1ccccc1)C(O)c1ccccc1. The van der Waals surface area contributed by atoms with Gasteiger partial charge in [-0.1, -0.05) is 73.5 Å². The summed E-state index contributed by atoms with van der Waals surface area (Å²) in [6.45, 7) is 0. The van der Waals surface area contributed by atoms with Crippen LogP contribution in [0.1, 0.15) is 60.6 Å². The van der Waals surface area contributed by atoms with E-state index in [0.29, 0.717) is 11.1 Å². The Hall–Kier alpha value is -1.23. The van der Waals surface area contributed by atoms with Gasteiger partial charge in [0.2, 0.25) is 0 Å². The van der Waals surface area contributed by atoms with E-state index in [0.717, 1.165) is 0 Å². The first-order valence-electron chi connectivity index (χ1n) is 10.3. The van der Waals surface area contributed by atoms with Crippen LogP contribution in [0.2, 0.25) is 0 Å². The molecule has 0 bridgehead atoms. The first-order valence-corrected chi connectivity index (χ1v) is 12.6. The highest BCUT2D eigenvalue weighted by Gasteiger charge is 2.18. The molecule has 0 radical (unpaired) electrons. The third kappa shape index (κ3) is 9.31. The van der Waals surface area contributed by atoms with Gasteiger partial charge in [0.15, 0.2) is 5.78 Å². The van der Waals surface area contributed by atoms with E-state index in [9.17, 15) is 9.90 Å². The third-order valence-electron chi connectivity index (χ3n) is 4.58. The second kappa shape index (κ2) is 14.7. The number of carbonyl (C=O) groups is 1. The molecule has 2 fully saturated rings. The van der Waals surface area contributed by atoms with E-state index < -0.39 is 6.10 Å². The van der Waals surface area contributed by atoms with Gasteiger partial charge in [0, 0.05) is 5.56 Å². The summed E-state index contributed by atoms with van der Waals surface area (Å²) in [5.41, 5.74) is 1.15. The van der Waals surface area contributed by atoms with Crippen LogP contribution in [-0.4, -0.2) is 33.9 Å². The van der Waals surface area contributed by atoms with Crippen molar-refractivity contribution >= 4 is 29.3 Å². The number of aliphatic hydroxyl groups is 1. The van der Waals surface area contributed by atoms with E-state index in [2.05, 4.69) is 23.5 Å². The van der Waals surface area contributed by atoms with Crippen LogP contribution in [0.3, 0.4) is 0 Å². The van der Waals surface area contributed by atoms with E-state index in [1.54, 1.807) is 48.5 Å². The lowest BCUT2D eigenvalue weighted by atomic mass is 10.0. The van der Waals surface area contributed by atoms with Gasteiger partial charge in [-0.2, -0.15) is 23.5 Å². The zero-order valence-electron chi connectivity index (χ0n) is 16.6. The molecule has 0 aliphatic carbocycles. The second-order valence-corrected chi connectivity index (χ2v) is 9.34. The van der Waals surface area contributed by atoms with Crippen molar-refractivity contribution in [1.29, 1.82) is 0 Å². The summed E-state index contributed by atoms with van der Waals surface area (Å²) in [5, 5.41) is 9.89. The van der Waals surface area contributed by atoms with Crippen molar-refractivity contribution in [3.05, 3.63) is 71.8 Å². The fraction of sp³-hybridized carbons (Fsp3) is 0.458. The second-order valence-electron chi connectivity index (χ2n) is 6.89. The first kappa shape index (κ1) is 23.1. The molecule has 0 saturated carbocycles. The highest BCUT2D eigenvalue weighted by atomic mass is 32.2. The lowest BCUT2D eigenvalue weighted by Gasteiger charge is -2.09. The fourth-order valence-corrected chi connectivity index (χ4v) is 4.96. The van der Waals surface area contributed by atoms with Crippen molar-refractivity contribution < 1.29 is 9.90 Å². The molecule has 0 spiro atoms. The molecule has 2 aromatic rings. The largest absolute Gasteiger partial charge is 0.380 e. The number of rotatable bonds is 3. The summed E-state index contributed by atoms with van der Waals surface area (Å²) in [4.78, 5) is 11.9. The molecular weight excluding hydrogens is 384 g/mol. The Morgan fingerprint density at radius 3 is 1.46 bits per heavy atom. The van der Waals surface area contributed by atoms with Crippen molar-refractivity contribution in [2.45, 2.75) is 44.6 Å². The number of thioether (sulfide) groups is 2. The molecule has 152 valence electrons. The average Bonchev–Trinajstić information content (AvgIpc) is 2.82. The highest BCUT2D eigenvalue weighted by molar-refractivity contribution is 7.99. The fourth-order valence-electron chi connectivity index (χ4n) is 2.92. The Morgan fingerprint density at radius 1 is 0.679 bits per heavy atom. The van der Waals surface area contributed by atoms with Gasteiger partial charge in [-0.05, 0) is 54.3 Å². The molecular formula is C24H32O2S2. The van der Waals surface area contributed by atoms with Crippen molar-refractivity contribution in [2.24, 2.45) is 0 Å². The molecule has 0 amide bonds. The molecule has 2 nitrogen and oxygen atoms in total. The lowest BCUT2D eigenvalue weighted by Crippen LogP contribution is -2.11. The van der Waals surface area contributed by atoms with E-state index in [4.69, 9.17) is 0 Å². The van der Waals surface area contributed by atoms with Crippen LogP contribution in [0.5, 0.6) is 0 Å². The van der Waals surface area contributed by atoms with E-state index in [1.165, 1.54) is 61.5 Å². The van der Waals surface area contributed by atoms with Crippen LogP contribution in [-0.2, 0) is 0 Å². The van der Waals surface area contributed by atoms with Crippen molar-refractivity contribution in [3.63, 3.8) is 0 Å². The molecule has 2 aliphatic heterocycles. The van der Waals surface area contributed by atoms with E-state index in [-0.39, 0.29) is 5.78 Å². The minimum atomic E-state index is -1.08. The van der Waals surface area contributed by atoms with Gasteiger partial charge >= 0.3 is 0 Å². The van der Waals surface area contributed by atoms with Gasteiger partial charge in [-0.25, -0.2) is 0 Å². The van der Waals surface area contributed by atoms with Crippen LogP contribution < -0.4 is 0 Å². The van der Waals surface area contributed by atoms with Crippen molar-refractivity contribution in [1.82, 2.24) is 0 Å². The van der Waals surface area contributed by atoms with Gasteiger partial charge in [-0.15, -0.1) is 0 Å². The lowest BCUT2D eigenvalue weighted by molar-refractivity contribution is 0.0747. The van der Waals surface area contributed by atoms with Crippen LogP contribution in [0.4, 0.5) is 0 Å². The Morgan fingerprint density at radius 2 is 1.11 bits per heavy atom. The van der Waals surface area contributed by atoms with Crippen LogP contribution in [0.25, 0.3) is 0 Å². The molecule has 4 heteroatoms. The summed E-state index contributed by atoms with van der Waals surface area (Å²) < 4.78 is 0. The minimum absolute atomic E-state index is 0.271. The van der Waals surface area contributed by atoms with Crippen LogP contribution in [0.15, 0.2) is 60.7 Å². The predicted octanol–water partition coefficient (Wildman–Crippen LogP) is 6.41. The normalized spacial score (nSPS) is 17.2. The molecule has 28 heavy (non-hydrogen) atoms. The number of Topliss-reactive ketones (excluding diaryl/α,β-unsaturated/α-hetero) is 1. The quantitative estimate of drug-likeness (QED) is 0.587. The Bertz CT molecular complexity index is 603. The topological polar surface area (TPSA) is 37.3 Å². The number of benzene rings is 2. The maximum Gasteiger partial charge on any atom is 0.195 e. The molecule has 1 N–H and O–H groups in total. The zero-order valence-corrected chi connectivity index (χ0v) is 18.2. The van der Waals surface area contributed by atoms with Crippen molar-refractivity contribution in [2.75, 3.05) is 23.0 Å². The molecule has 4 rings (SSSR count). The van der Waals surface area contributed by atoms with Gasteiger partial charge < -0.3 is 5.11 Å². The molecule has 1 unspecified atom stereocenters. The molecule has 2 aliphatic rings. The first-order chi connectivity index (χ1) is 13.8. The summed E-state index contributed by atoms with van der Waals surface area (Å²) in [5.74, 6) is 5.40. The van der Waals surface area contributed by atoms with Gasteiger partial charge in [0.05, 0.1) is 0 Å². The third-order valence-corrected chi connectivity index (χ3v) is 6.89.